The molecule has 0 saturated carbocycles. The van der Waals surface area contributed by atoms with Crippen molar-refractivity contribution in [2.45, 2.75) is 31.4 Å². The second kappa shape index (κ2) is 7.42. The first-order valence-electron chi connectivity index (χ1n) is 5.66. The number of hydrogen-bond acceptors (Lipinski definition) is 3. The zero-order valence-corrected chi connectivity index (χ0v) is 11.8. The van der Waals surface area contributed by atoms with E-state index in [1.54, 1.807) is 11.8 Å². The Balaban J connectivity index is 4.26. The van der Waals surface area contributed by atoms with E-state index in [-0.39, 0.29) is 17.3 Å². The molecule has 0 aliphatic rings. The summed E-state index contributed by atoms with van der Waals surface area (Å²) in [5.41, 5.74) is 0. The molecule has 0 atom stereocenters. The number of carboxylic acids is 1. The van der Waals surface area contributed by atoms with Crippen LogP contribution in [0.3, 0.4) is 0 Å². The Kier molecular flexibility index (Phi) is 7.03. The van der Waals surface area contributed by atoms with E-state index in [2.05, 4.69) is 19.2 Å². The number of carbonyl (C=O) groups excluding carboxylic acids is 1. The molecule has 17 heavy (non-hydrogen) atoms. The van der Waals surface area contributed by atoms with E-state index in [4.69, 9.17) is 5.11 Å². The van der Waals surface area contributed by atoms with E-state index in [0.29, 0.717) is 6.54 Å². The van der Waals surface area contributed by atoms with Crippen LogP contribution in [0.15, 0.2) is 0 Å². The maximum absolute atomic E-state index is 11.6. The predicted octanol–water partition coefficient (Wildman–Crippen LogP) is 1.63. The molecule has 5 nitrogen and oxygen atoms in total. The lowest BCUT2D eigenvalue weighted by atomic mass is 10.0. The first-order chi connectivity index (χ1) is 7.90. The smallest absolute Gasteiger partial charge is 0.323 e. The van der Waals surface area contributed by atoms with E-state index in [1.165, 1.54) is 11.9 Å². The number of amides is 2. The van der Waals surface area contributed by atoms with Crippen molar-refractivity contribution in [3.63, 3.8) is 0 Å². The lowest BCUT2D eigenvalue weighted by molar-refractivity contribution is -0.137. The number of rotatable bonds is 7. The van der Waals surface area contributed by atoms with Crippen LogP contribution >= 0.6 is 11.8 Å². The summed E-state index contributed by atoms with van der Waals surface area (Å²) in [6, 6.07) is -0.340. The lowest BCUT2D eigenvalue weighted by Crippen LogP contribution is -2.46. The molecule has 0 aliphatic carbocycles. The van der Waals surface area contributed by atoms with Crippen molar-refractivity contribution in [3.8, 4) is 0 Å². The van der Waals surface area contributed by atoms with Gasteiger partial charge in [-0.1, -0.05) is 13.8 Å². The Morgan fingerprint density at radius 2 is 1.88 bits per heavy atom. The molecule has 0 heterocycles. The fourth-order valence-corrected chi connectivity index (χ4v) is 2.30. The fraction of sp³-hybridized carbons (Fsp3) is 0.818. The lowest BCUT2D eigenvalue weighted by Gasteiger charge is -2.30. The molecular weight excluding hydrogens is 240 g/mol. The van der Waals surface area contributed by atoms with Gasteiger partial charge in [-0.15, -0.1) is 0 Å². The number of hydrogen-bond donors (Lipinski definition) is 2. The number of aliphatic carboxylic acids is 1. The van der Waals surface area contributed by atoms with Crippen molar-refractivity contribution in [2.75, 3.05) is 26.4 Å². The summed E-state index contributed by atoms with van der Waals surface area (Å²) in [4.78, 5) is 23.2. The molecule has 100 valence electrons. The van der Waals surface area contributed by atoms with E-state index >= 15 is 0 Å². The molecule has 0 aromatic heterocycles. The summed E-state index contributed by atoms with van der Waals surface area (Å²) in [7, 11) is 1.47. The summed E-state index contributed by atoms with van der Waals surface area (Å²) >= 11 is 1.74. The van der Waals surface area contributed by atoms with Crippen LogP contribution in [0.4, 0.5) is 4.79 Å². The highest BCUT2D eigenvalue weighted by molar-refractivity contribution is 8.00. The van der Waals surface area contributed by atoms with Crippen LogP contribution in [0.1, 0.15) is 26.7 Å². The average molecular weight is 262 g/mol. The molecule has 6 heteroatoms. The molecule has 0 rings (SSSR count). The Morgan fingerprint density at radius 3 is 2.24 bits per heavy atom. The number of urea groups is 1. The summed E-state index contributed by atoms with van der Waals surface area (Å²) in [5.74, 6) is -1.01. The zero-order valence-electron chi connectivity index (χ0n) is 10.9. The molecule has 2 N–H and O–H groups in total. The Hall–Kier alpha value is -0.910. The molecule has 0 unspecified atom stereocenters. The largest absolute Gasteiger partial charge is 0.480 e. The Morgan fingerprint density at radius 1 is 1.35 bits per heavy atom. The second-order valence-electron chi connectivity index (χ2n) is 4.00. The standard InChI is InChI=1S/C11H22N2O3S/c1-5-11(6-2,17-4)8-12-10(16)13(3)7-9(14)15/h5-8H2,1-4H3,(H,12,16)(H,14,15). The Bertz CT molecular complexity index is 259. The van der Waals surface area contributed by atoms with Crippen LogP contribution in [-0.4, -0.2) is 53.1 Å². The van der Waals surface area contributed by atoms with Gasteiger partial charge in [0.25, 0.3) is 0 Å². The number of nitrogens with one attached hydrogen (secondary N) is 1. The fourth-order valence-electron chi connectivity index (χ4n) is 1.51. The summed E-state index contributed by atoms with van der Waals surface area (Å²) in [5, 5.41) is 11.4. The number of nitrogens with zero attached hydrogens (tertiary/aromatic N) is 1. The van der Waals surface area contributed by atoms with E-state index in [9.17, 15) is 9.59 Å². The van der Waals surface area contributed by atoms with E-state index < -0.39 is 5.97 Å². The highest BCUT2D eigenvalue weighted by Gasteiger charge is 2.26. The van der Waals surface area contributed by atoms with Crippen LogP contribution in [0.2, 0.25) is 0 Å². The Labute approximate surface area is 107 Å². The van der Waals surface area contributed by atoms with Gasteiger partial charge < -0.3 is 15.3 Å². The van der Waals surface area contributed by atoms with Gasteiger partial charge in [-0.05, 0) is 19.1 Å². The van der Waals surface area contributed by atoms with Crippen LogP contribution in [-0.2, 0) is 4.79 Å². The monoisotopic (exact) mass is 262 g/mol. The molecule has 0 radical (unpaired) electrons. The van der Waals surface area contributed by atoms with Crippen molar-refractivity contribution in [2.24, 2.45) is 0 Å². The van der Waals surface area contributed by atoms with Gasteiger partial charge in [0.2, 0.25) is 0 Å². The van der Waals surface area contributed by atoms with Gasteiger partial charge in [-0.3, -0.25) is 4.79 Å². The number of carboxylic acid groups (broad SMARTS) is 1. The van der Waals surface area contributed by atoms with Crippen molar-refractivity contribution >= 4 is 23.8 Å². The highest BCUT2D eigenvalue weighted by Crippen LogP contribution is 2.29. The highest BCUT2D eigenvalue weighted by atomic mass is 32.2. The third-order valence-electron chi connectivity index (χ3n) is 3.00. The number of likely N-dealkylation sites (N-methyl/N-ethyl adjacent to an activating group) is 1. The van der Waals surface area contributed by atoms with Gasteiger partial charge >= 0.3 is 12.0 Å². The number of carbonyl (C=O) groups is 2. The van der Waals surface area contributed by atoms with Crippen LogP contribution in [0, 0.1) is 0 Å². The van der Waals surface area contributed by atoms with Gasteiger partial charge in [0.1, 0.15) is 6.54 Å². The van der Waals surface area contributed by atoms with Gasteiger partial charge in [-0.2, -0.15) is 11.8 Å². The van der Waals surface area contributed by atoms with Crippen molar-refractivity contribution in [1.82, 2.24) is 10.2 Å². The average Bonchev–Trinajstić information content (AvgIpc) is 2.30. The van der Waals surface area contributed by atoms with Crippen molar-refractivity contribution < 1.29 is 14.7 Å². The molecule has 0 fully saturated rings. The van der Waals surface area contributed by atoms with Crippen molar-refractivity contribution in [3.05, 3.63) is 0 Å². The molecule has 2 amide bonds. The third kappa shape index (κ3) is 5.30. The normalized spacial score (nSPS) is 11.1. The quantitative estimate of drug-likeness (QED) is 0.731. The second-order valence-corrected chi connectivity index (χ2v) is 5.28. The van der Waals surface area contributed by atoms with Crippen LogP contribution in [0.5, 0.6) is 0 Å². The van der Waals surface area contributed by atoms with E-state index in [1.807, 2.05) is 6.26 Å². The van der Waals surface area contributed by atoms with Crippen LogP contribution in [0.25, 0.3) is 0 Å². The van der Waals surface area contributed by atoms with Gasteiger partial charge in [-0.25, -0.2) is 4.79 Å². The number of thioether (sulfide) groups is 1. The zero-order chi connectivity index (χ0) is 13.5. The molecule has 0 aliphatic heterocycles. The minimum atomic E-state index is -1.01. The van der Waals surface area contributed by atoms with Crippen molar-refractivity contribution in [1.29, 1.82) is 0 Å². The molecule has 0 aromatic rings. The maximum atomic E-state index is 11.6. The summed E-state index contributed by atoms with van der Waals surface area (Å²) < 4.78 is 0.0414. The first-order valence-corrected chi connectivity index (χ1v) is 6.89. The topological polar surface area (TPSA) is 69.6 Å². The molecule has 0 aromatic carbocycles. The minimum absolute atomic E-state index is 0.0414. The molecular formula is C11H22N2O3S. The molecule has 0 spiro atoms. The van der Waals surface area contributed by atoms with Gasteiger partial charge in [0, 0.05) is 18.3 Å². The third-order valence-corrected chi connectivity index (χ3v) is 4.59. The predicted molar refractivity (Wildman–Crippen MR) is 70.5 cm³/mol. The molecule has 0 saturated heterocycles. The summed E-state index contributed by atoms with van der Waals surface area (Å²) in [6.45, 7) is 4.46. The summed E-state index contributed by atoms with van der Waals surface area (Å²) in [6.07, 6.45) is 3.96. The van der Waals surface area contributed by atoms with Gasteiger partial charge in [0.05, 0.1) is 0 Å². The van der Waals surface area contributed by atoms with E-state index in [0.717, 1.165) is 12.8 Å². The van der Waals surface area contributed by atoms with Crippen LogP contribution < -0.4 is 5.32 Å². The maximum Gasteiger partial charge on any atom is 0.323 e. The SMILES string of the molecule is CCC(CC)(CNC(=O)N(C)CC(=O)O)SC. The van der Waals surface area contributed by atoms with Gasteiger partial charge in [0.15, 0.2) is 0 Å². The molecule has 0 bridgehead atoms. The first kappa shape index (κ1) is 16.1. The minimum Gasteiger partial charge on any atom is -0.480 e.